The lowest BCUT2D eigenvalue weighted by molar-refractivity contribution is 0.400. The van der Waals surface area contributed by atoms with E-state index in [0.717, 1.165) is 23.0 Å². The average Bonchev–Trinajstić information content (AvgIpc) is 2.92. The summed E-state index contributed by atoms with van der Waals surface area (Å²) in [6.45, 7) is 0. The topological polar surface area (TPSA) is 98.5 Å². The van der Waals surface area contributed by atoms with E-state index < -0.39 is 10.0 Å². The number of sulfonamides is 1. The second kappa shape index (κ2) is 5.26. The minimum Gasteiger partial charge on any atom is -0.480 e. The fourth-order valence-electron chi connectivity index (χ4n) is 2.03. The molecule has 3 aromatic rings. The fraction of sp³-hybridized carbons (Fsp3) is 0.154. The molecule has 0 aromatic carbocycles. The van der Waals surface area contributed by atoms with Gasteiger partial charge in [0, 0.05) is 23.5 Å². The summed E-state index contributed by atoms with van der Waals surface area (Å²) < 4.78 is 32.0. The van der Waals surface area contributed by atoms with Crippen molar-refractivity contribution in [2.45, 2.75) is 0 Å². The number of hydrogen-bond acceptors (Lipinski definition) is 6. The van der Waals surface area contributed by atoms with Crippen LogP contribution >= 0.6 is 0 Å². The second-order valence-electron chi connectivity index (χ2n) is 4.64. The van der Waals surface area contributed by atoms with Crippen LogP contribution in [-0.4, -0.2) is 41.4 Å². The Bertz CT molecular complexity index is 936. The third-order valence-corrected chi connectivity index (χ3v) is 3.54. The van der Waals surface area contributed by atoms with Crippen LogP contribution in [0.3, 0.4) is 0 Å². The maximum Gasteiger partial charge on any atom is 0.238 e. The molecule has 0 aliphatic rings. The minimum atomic E-state index is -3.43. The normalized spacial score (nSPS) is 11.5. The zero-order valence-electron chi connectivity index (χ0n) is 11.9. The highest BCUT2D eigenvalue weighted by atomic mass is 32.2. The monoisotopic (exact) mass is 319 g/mol. The van der Waals surface area contributed by atoms with E-state index >= 15 is 0 Å². The number of hydrogen-bond donors (Lipinski definition) is 1. The van der Waals surface area contributed by atoms with Gasteiger partial charge in [0.2, 0.25) is 15.9 Å². The number of rotatable bonds is 4. The van der Waals surface area contributed by atoms with E-state index in [0.29, 0.717) is 0 Å². The summed E-state index contributed by atoms with van der Waals surface area (Å²) in [5, 5.41) is 4.07. The molecule has 0 aliphatic heterocycles. The first-order chi connectivity index (χ1) is 10.5. The van der Waals surface area contributed by atoms with Crippen LogP contribution in [0.25, 0.3) is 16.8 Å². The molecule has 0 unspecified atom stereocenters. The molecule has 3 aromatic heterocycles. The van der Waals surface area contributed by atoms with E-state index in [1.165, 1.54) is 13.4 Å². The molecule has 1 N–H and O–H groups in total. The maximum absolute atomic E-state index is 11.4. The van der Waals surface area contributed by atoms with Gasteiger partial charge in [-0.15, -0.1) is 0 Å². The lowest BCUT2D eigenvalue weighted by Crippen LogP contribution is -2.11. The zero-order valence-corrected chi connectivity index (χ0v) is 12.7. The van der Waals surface area contributed by atoms with Gasteiger partial charge in [0.1, 0.15) is 12.0 Å². The first-order valence-electron chi connectivity index (χ1n) is 6.28. The SMILES string of the molecule is COc1ncc(-c2ccc3ncnn3c2)cc1NS(C)(=O)=O. The van der Waals surface area contributed by atoms with Crippen LogP contribution in [0.15, 0.2) is 36.9 Å². The lowest BCUT2D eigenvalue weighted by atomic mass is 10.1. The van der Waals surface area contributed by atoms with Crippen molar-refractivity contribution in [1.82, 2.24) is 19.6 Å². The molecule has 0 spiro atoms. The van der Waals surface area contributed by atoms with Gasteiger partial charge in [-0.2, -0.15) is 5.10 Å². The summed E-state index contributed by atoms with van der Waals surface area (Å²) in [6, 6.07) is 5.33. The van der Waals surface area contributed by atoms with Crippen LogP contribution in [0.4, 0.5) is 5.69 Å². The van der Waals surface area contributed by atoms with E-state index in [1.54, 1.807) is 23.0 Å². The van der Waals surface area contributed by atoms with Crippen molar-refractivity contribution in [3.05, 3.63) is 36.9 Å². The summed E-state index contributed by atoms with van der Waals surface area (Å²) in [6.07, 6.45) is 5.92. The van der Waals surface area contributed by atoms with Gasteiger partial charge in [-0.25, -0.2) is 22.9 Å². The van der Waals surface area contributed by atoms with Gasteiger partial charge in [-0.3, -0.25) is 4.72 Å². The van der Waals surface area contributed by atoms with E-state index in [-0.39, 0.29) is 11.6 Å². The summed E-state index contributed by atoms with van der Waals surface area (Å²) >= 11 is 0. The molecule has 0 aliphatic carbocycles. The van der Waals surface area contributed by atoms with Crippen LogP contribution in [0.2, 0.25) is 0 Å². The molecule has 0 radical (unpaired) electrons. The predicted octanol–water partition coefficient (Wildman–Crippen LogP) is 1.17. The molecule has 3 heterocycles. The summed E-state index contributed by atoms with van der Waals surface area (Å²) in [7, 11) is -2.00. The van der Waals surface area contributed by atoms with Gasteiger partial charge in [0.05, 0.1) is 13.4 Å². The highest BCUT2D eigenvalue weighted by Gasteiger charge is 2.12. The van der Waals surface area contributed by atoms with Gasteiger partial charge in [-0.1, -0.05) is 0 Å². The highest BCUT2D eigenvalue weighted by Crippen LogP contribution is 2.28. The Morgan fingerprint density at radius 1 is 1.23 bits per heavy atom. The van der Waals surface area contributed by atoms with Crippen LogP contribution in [0.1, 0.15) is 0 Å². The van der Waals surface area contributed by atoms with Crippen LogP contribution < -0.4 is 9.46 Å². The van der Waals surface area contributed by atoms with Gasteiger partial charge in [0.15, 0.2) is 5.65 Å². The molecule has 0 saturated carbocycles. The molecule has 0 amide bonds. The summed E-state index contributed by atoms with van der Waals surface area (Å²) in [4.78, 5) is 8.20. The average molecular weight is 319 g/mol. The van der Waals surface area contributed by atoms with E-state index in [1.807, 2.05) is 12.1 Å². The molecule has 3 rings (SSSR count). The van der Waals surface area contributed by atoms with Gasteiger partial charge in [0.25, 0.3) is 0 Å². The first kappa shape index (κ1) is 14.3. The number of anilines is 1. The molecular weight excluding hydrogens is 306 g/mol. The molecule has 0 fully saturated rings. The molecule has 22 heavy (non-hydrogen) atoms. The Kier molecular flexibility index (Phi) is 3.41. The standard InChI is InChI=1S/C13H13N5O3S/c1-21-13-11(17-22(2,19)20)5-10(6-14-13)9-3-4-12-15-8-16-18(12)7-9/h3-8,17H,1-2H3. The number of fused-ring (bicyclic) bond motifs is 1. The van der Waals surface area contributed by atoms with Crippen molar-refractivity contribution < 1.29 is 13.2 Å². The highest BCUT2D eigenvalue weighted by molar-refractivity contribution is 7.92. The number of nitrogens with one attached hydrogen (secondary N) is 1. The van der Waals surface area contributed by atoms with Gasteiger partial charge < -0.3 is 4.74 Å². The van der Waals surface area contributed by atoms with Gasteiger partial charge in [-0.05, 0) is 18.2 Å². The molecule has 114 valence electrons. The quantitative estimate of drug-likeness (QED) is 0.775. The van der Waals surface area contributed by atoms with Crippen LogP contribution in [-0.2, 0) is 10.0 Å². The summed E-state index contributed by atoms with van der Waals surface area (Å²) in [5.74, 6) is 0.205. The van der Waals surface area contributed by atoms with Crippen LogP contribution in [0, 0.1) is 0 Å². The van der Waals surface area contributed by atoms with E-state index in [4.69, 9.17) is 4.74 Å². The van der Waals surface area contributed by atoms with Crippen molar-refractivity contribution >= 4 is 21.4 Å². The first-order valence-corrected chi connectivity index (χ1v) is 8.17. The number of aromatic nitrogens is 4. The van der Waals surface area contributed by atoms with Crippen molar-refractivity contribution in [1.29, 1.82) is 0 Å². The Morgan fingerprint density at radius 3 is 2.77 bits per heavy atom. The minimum absolute atomic E-state index is 0.205. The van der Waals surface area contributed by atoms with Crippen molar-refractivity contribution in [3.8, 4) is 17.0 Å². The fourth-order valence-corrected chi connectivity index (χ4v) is 2.58. The zero-order chi connectivity index (χ0) is 15.7. The predicted molar refractivity (Wildman–Crippen MR) is 81.2 cm³/mol. The van der Waals surface area contributed by atoms with Crippen LogP contribution in [0.5, 0.6) is 5.88 Å². The van der Waals surface area contributed by atoms with Crippen molar-refractivity contribution in [2.24, 2.45) is 0 Å². The Morgan fingerprint density at radius 2 is 2.05 bits per heavy atom. The Labute approximate surface area is 126 Å². The van der Waals surface area contributed by atoms with Crippen molar-refractivity contribution in [2.75, 3.05) is 18.1 Å². The van der Waals surface area contributed by atoms with Gasteiger partial charge >= 0.3 is 0 Å². The number of methoxy groups -OCH3 is 1. The largest absolute Gasteiger partial charge is 0.480 e. The van der Waals surface area contributed by atoms with Crippen molar-refractivity contribution in [3.63, 3.8) is 0 Å². The Hall–Kier alpha value is -2.68. The lowest BCUT2D eigenvalue weighted by Gasteiger charge is -2.10. The molecule has 0 atom stereocenters. The maximum atomic E-state index is 11.4. The number of ether oxygens (including phenoxy) is 1. The molecule has 8 nitrogen and oxygen atoms in total. The third kappa shape index (κ3) is 2.84. The number of pyridine rings is 2. The second-order valence-corrected chi connectivity index (χ2v) is 6.38. The molecule has 9 heteroatoms. The molecule has 0 bridgehead atoms. The Balaban J connectivity index is 2.08. The van der Waals surface area contributed by atoms with E-state index in [9.17, 15) is 8.42 Å². The smallest absolute Gasteiger partial charge is 0.238 e. The summed E-state index contributed by atoms with van der Waals surface area (Å²) in [5.41, 5.74) is 2.55. The number of nitrogens with zero attached hydrogens (tertiary/aromatic N) is 4. The van der Waals surface area contributed by atoms with E-state index in [2.05, 4.69) is 19.8 Å². The third-order valence-electron chi connectivity index (χ3n) is 2.95. The molecular formula is C13H13N5O3S. The molecule has 0 saturated heterocycles.